The number of hydrogen-bond donors (Lipinski definition) is 3. The fourth-order valence-corrected chi connectivity index (χ4v) is 3.18. The van der Waals surface area contributed by atoms with Crippen LogP contribution in [-0.4, -0.2) is 16.5 Å². The van der Waals surface area contributed by atoms with E-state index in [2.05, 4.69) is 15.8 Å². The standard InChI is InChI=1S/C16H15N5O2S/c1-21-12-4-2-3-5-13(12)24-16(21)20-19-14(22)10-6-8-11(9-7-10)18-15(17)23/h2-9H,1H3,(H,19,22)(H3,17,18,23)/b20-16-. The zero-order valence-corrected chi connectivity index (χ0v) is 13.6. The SMILES string of the molecule is Cn1/c(=N/NC(=O)c2ccc(NC(N)=O)cc2)sc2ccccc21. The first kappa shape index (κ1) is 15.8. The molecule has 7 nitrogen and oxygen atoms in total. The summed E-state index contributed by atoms with van der Waals surface area (Å²) in [6.45, 7) is 0. The van der Waals surface area contributed by atoms with Gasteiger partial charge in [0.05, 0.1) is 10.2 Å². The molecule has 1 aromatic heterocycles. The highest BCUT2D eigenvalue weighted by Gasteiger charge is 2.06. The van der Waals surface area contributed by atoms with Gasteiger partial charge >= 0.3 is 6.03 Å². The van der Waals surface area contributed by atoms with Crippen LogP contribution >= 0.6 is 11.3 Å². The summed E-state index contributed by atoms with van der Waals surface area (Å²) in [6, 6.07) is 13.6. The smallest absolute Gasteiger partial charge is 0.316 e. The number of anilines is 1. The Morgan fingerprint density at radius 3 is 2.50 bits per heavy atom. The predicted molar refractivity (Wildman–Crippen MR) is 93.5 cm³/mol. The second-order valence-corrected chi connectivity index (χ2v) is 6.04. The molecule has 3 amide bonds. The minimum atomic E-state index is -0.653. The molecule has 0 fully saturated rings. The van der Waals surface area contributed by atoms with Crippen molar-refractivity contribution < 1.29 is 9.59 Å². The summed E-state index contributed by atoms with van der Waals surface area (Å²) in [5, 5.41) is 6.62. The average Bonchev–Trinajstić information content (AvgIpc) is 2.89. The van der Waals surface area contributed by atoms with Gasteiger partial charge in [0, 0.05) is 18.3 Å². The molecule has 0 radical (unpaired) electrons. The first-order chi connectivity index (χ1) is 11.5. The monoisotopic (exact) mass is 341 g/mol. The highest BCUT2D eigenvalue weighted by atomic mass is 32.1. The van der Waals surface area contributed by atoms with E-state index in [9.17, 15) is 9.59 Å². The van der Waals surface area contributed by atoms with E-state index in [4.69, 9.17) is 5.73 Å². The lowest BCUT2D eigenvalue weighted by molar-refractivity contribution is 0.0953. The number of fused-ring (bicyclic) bond motifs is 1. The number of primary amides is 1. The number of urea groups is 1. The third kappa shape index (κ3) is 3.28. The van der Waals surface area contributed by atoms with Gasteiger partial charge in [0.25, 0.3) is 5.91 Å². The molecule has 0 spiro atoms. The lowest BCUT2D eigenvalue weighted by Crippen LogP contribution is -2.23. The summed E-state index contributed by atoms with van der Waals surface area (Å²) in [7, 11) is 1.90. The maximum Gasteiger partial charge on any atom is 0.316 e. The van der Waals surface area contributed by atoms with Gasteiger partial charge in [-0.1, -0.05) is 23.5 Å². The van der Waals surface area contributed by atoms with Crippen LogP contribution < -0.4 is 21.3 Å². The highest BCUT2D eigenvalue weighted by Crippen LogP contribution is 2.15. The Morgan fingerprint density at radius 1 is 1.12 bits per heavy atom. The summed E-state index contributed by atoms with van der Waals surface area (Å²) in [5.74, 6) is -0.335. The van der Waals surface area contributed by atoms with Crippen LogP contribution in [0.4, 0.5) is 10.5 Å². The second kappa shape index (κ2) is 6.55. The Kier molecular flexibility index (Phi) is 4.30. The van der Waals surface area contributed by atoms with Crippen molar-refractivity contribution in [1.29, 1.82) is 0 Å². The van der Waals surface area contributed by atoms with Gasteiger partial charge in [-0.05, 0) is 36.4 Å². The van der Waals surface area contributed by atoms with Crippen LogP contribution in [0.5, 0.6) is 0 Å². The van der Waals surface area contributed by atoms with Crippen molar-refractivity contribution in [1.82, 2.24) is 9.99 Å². The van der Waals surface area contributed by atoms with Crippen LogP contribution in [0.3, 0.4) is 0 Å². The van der Waals surface area contributed by atoms with Gasteiger partial charge in [-0.25, -0.2) is 10.2 Å². The number of benzene rings is 2. The molecule has 3 rings (SSSR count). The Bertz CT molecular complexity index is 972. The van der Waals surface area contributed by atoms with Gasteiger partial charge in [0.1, 0.15) is 0 Å². The number of amides is 3. The number of rotatable bonds is 3. The van der Waals surface area contributed by atoms with Gasteiger partial charge in [-0.2, -0.15) is 0 Å². The molecule has 3 aromatic rings. The quantitative estimate of drug-likeness (QED) is 0.634. The lowest BCUT2D eigenvalue weighted by Gasteiger charge is -2.03. The Balaban J connectivity index is 1.79. The molecular weight excluding hydrogens is 326 g/mol. The van der Waals surface area contributed by atoms with E-state index in [1.165, 1.54) is 11.3 Å². The molecule has 0 aliphatic carbocycles. The lowest BCUT2D eigenvalue weighted by atomic mass is 10.2. The van der Waals surface area contributed by atoms with Crippen molar-refractivity contribution in [2.45, 2.75) is 0 Å². The van der Waals surface area contributed by atoms with Crippen molar-refractivity contribution in [3.8, 4) is 0 Å². The third-order valence-electron chi connectivity index (χ3n) is 3.38. The maximum atomic E-state index is 12.2. The van der Waals surface area contributed by atoms with E-state index < -0.39 is 6.03 Å². The molecule has 122 valence electrons. The van der Waals surface area contributed by atoms with E-state index >= 15 is 0 Å². The molecular formula is C16H15N5O2S. The number of nitrogens with zero attached hydrogens (tertiary/aromatic N) is 2. The number of aryl methyl sites for hydroxylation is 1. The van der Waals surface area contributed by atoms with Crippen molar-refractivity contribution in [2.24, 2.45) is 17.9 Å². The molecule has 0 aliphatic heterocycles. The number of aromatic nitrogens is 1. The van der Waals surface area contributed by atoms with Gasteiger partial charge < -0.3 is 15.6 Å². The van der Waals surface area contributed by atoms with Gasteiger partial charge in [0.15, 0.2) is 0 Å². The summed E-state index contributed by atoms with van der Waals surface area (Å²) < 4.78 is 3.01. The van der Waals surface area contributed by atoms with Gasteiger partial charge in [0.2, 0.25) is 4.80 Å². The van der Waals surface area contributed by atoms with Crippen LogP contribution in [0.2, 0.25) is 0 Å². The molecule has 24 heavy (non-hydrogen) atoms. The van der Waals surface area contributed by atoms with Crippen molar-refractivity contribution in [3.05, 3.63) is 58.9 Å². The number of nitrogens with one attached hydrogen (secondary N) is 2. The molecule has 0 bridgehead atoms. The third-order valence-corrected chi connectivity index (χ3v) is 4.50. The molecule has 4 N–H and O–H groups in total. The molecule has 8 heteroatoms. The fraction of sp³-hybridized carbons (Fsp3) is 0.0625. The highest BCUT2D eigenvalue weighted by molar-refractivity contribution is 7.16. The first-order valence-corrected chi connectivity index (χ1v) is 7.91. The molecule has 0 aliphatic rings. The van der Waals surface area contributed by atoms with Crippen LogP contribution in [0.1, 0.15) is 10.4 Å². The fourth-order valence-electron chi connectivity index (χ4n) is 2.20. The number of hydrogen-bond acceptors (Lipinski definition) is 4. The Morgan fingerprint density at radius 2 is 1.83 bits per heavy atom. The van der Waals surface area contributed by atoms with Crippen LogP contribution in [0, 0.1) is 0 Å². The van der Waals surface area contributed by atoms with Crippen molar-refractivity contribution in [3.63, 3.8) is 0 Å². The van der Waals surface area contributed by atoms with Gasteiger partial charge in [-0.3, -0.25) is 4.79 Å². The van der Waals surface area contributed by atoms with Crippen LogP contribution in [0.15, 0.2) is 53.6 Å². The molecule has 0 atom stereocenters. The summed E-state index contributed by atoms with van der Waals surface area (Å²) in [6.07, 6.45) is 0. The normalized spacial score (nSPS) is 11.5. The molecule has 0 unspecified atom stereocenters. The van der Waals surface area contributed by atoms with E-state index in [0.717, 1.165) is 10.2 Å². The van der Waals surface area contributed by atoms with E-state index in [-0.39, 0.29) is 5.91 Å². The predicted octanol–water partition coefficient (Wildman–Crippen LogP) is 1.98. The first-order valence-electron chi connectivity index (χ1n) is 7.10. The van der Waals surface area contributed by atoms with Crippen molar-refractivity contribution >= 4 is 39.2 Å². The number of nitrogens with two attached hydrogens (primary N) is 1. The second-order valence-electron chi connectivity index (χ2n) is 5.03. The van der Waals surface area contributed by atoms with E-state index in [0.29, 0.717) is 16.1 Å². The number of para-hydroxylation sites is 1. The van der Waals surface area contributed by atoms with Crippen molar-refractivity contribution in [2.75, 3.05) is 5.32 Å². The summed E-state index contributed by atoms with van der Waals surface area (Å²) >= 11 is 1.49. The zero-order valence-electron chi connectivity index (χ0n) is 12.8. The Hall–Kier alpha value is -3.13. The van der Waals surface area contributed by atoms with E-state index in [1.807, 2.05) is 35.9 Å². The minimum Gasteiger partial charge on any atom is -0.351 e. The molecule has 2 aromatic carbocycles. The van der Waals surface area contributed by atoms with E-state index in [1.54, 1.807) is 24.3 Å². The zero-order chi connectivity index (χ0) is 17.1. The number of thiazole rings is 1. The van der Waals surface area contributed by atoms with Crippen LogP contribution in [-0.2, 0) is 7.05 Å². The molecule has 0 saturated carbocycles. The Labute approximate surface area is 141 Å². The molecule has 0 saturated heterocycles. The molecule has 1 heterocycles. The largest absolute Gasteiger partial charge is 0.351 e. The van der Waals surface area contributed by atoms with Crippen LogP contribution in [0.25, 0.3) is 10.2 Å². The summed E-state index contributed by atoms with van der Waals surface area (Å²) in [4.78, 5) is 23.6. The minimum absolute atomic E-state index is 0.335. The number of carbonyl (C=O) groups excluding carboxylic acids is 2. The summed E-state index contributed by atoms with van der Waals surface area (Å²) in [5.41, 5.74) is 9.58. The average molecular weight is 341 g/mol. The maximum absolute atomic E-state index is 12.2. The van der Waals surface area contributed by atoms with Gasteiger partial charge in [-0.15, -0.1) is 5.10 Å². The topological polar surface area (TPSA) is 102 Å². The number of carbonyl (C=O) groups is 2.